The van der Waals surface area contributed by atoms with E-state index in [2.05, 4.69) is 42.1 Å². The molecule has 2 aliphatic rings. The monoisotopic (exact) mass is 366 g/mol. The van der Waals surface area contributed by atoms with Crippen molar-refractivity contribution in [3.05, 3.63) is 17.5 Å². The van der Waals surface area contributed by atoms with Crippen LogP contribution in [-0.4, -0.2) is 40.8 Å². The molecule has 25 heavy (non-hydrogen) atoms. The van der Waals surface area contributed by atoms with E-state index in [1.165, 1.54) is 0 Å². The van der Waals surface area contributed by atoms with Crippen LogP contribution in [0.15, 0.2) is 16.3 Å². The van der Waals surface area contributed by atoms with E-state index in [0.29, 0.717) is 18.1 Å². The van der Waals surface area contributed by atoms with Gasteiger partial charge < -0.3 is 0 Å². The maximum absolute atomic E-state index is 10.7. The Morgan fingerprint density at radius 3 is 2.32 bits per heavy atom. The highest BCUT2D eigenvalue weighted by Gasteiger charge is 2.44. The van der Waals surface area contributed by atoms with Gasteiger partial charge in [0, 0.05) is 24.6 Å². The number of hydrogen-bond donors (Lipinski definition) is 2. The lowest BCUT2D eigenvalue weighted by Gasteiger charge is -2.46. The molecule has 1 aromatic heterocycles. The largest absolute Gasteiger partial charge is 0.299 e. The molecule has 0 radical (unpaired) electrons. The molecule has 7 heteroatoms. The van der Waals surface area contributed by atoms with Crippen LogP contribution in [0.2, 0.25) is 0 Å². The van der Waals surface area contributed by atoms with Crippen molar-refractivity contribution >= 4 is 22.0 Å². The second-order valence-corrected chi connectivity index (χ2v) is 11.5. The number of aromatic nitrogens is 2. The van der Waals surface area contributed by atoms with Crippen LogP contribution in [0.4, 0.5) is 0 Å². The van der Waals surface area contributed by atoms with Gasteiger partial charge in [-0.3, -0.25) is 13.8 Å². The van der Waals surface area contributed by atoms with Crippen LogP contribution in [0.25, 0.3) is 0 Å². The van der Waals surface area contributed by atoms with Crippen molar-refractivity contribution in [2.24, 2.45) is 23.2 Å². The van der Waals surface area contributed by atoms with Crippen molar-refractivity contribution in [1.82, 2.24) is 9.78 Å². The van der Waals surface area contributed by atoms with E-state index in [-0.39, 0.29) is 5.41 Å². The van der Waals surface area contributed by atoms with Gasteiger partial charge in [-0.05, 0) is 38.7 Å². The van der Waals surface area contributed by atoms with Gasteiger partial charge in [0.05, 0.1) is 27.6 Å². The molecule has 0 spiro atoms. The van der Waals surface area contributed by atoms with Crippen molar-refractivity contribution in [2.45, 2.75) is 64.0 Å². The van der Waals surface area contributed by atoms with Gasteiger partial charge >= 0.3 is 0 Å². The number of aryl methyl sites for hydroxylation is 1. The van der Waals surface area contributed by atoms with Crippen molar-refractivity contribution < 1.29 is 9.11 Å². The first kappa shape index (κ1) is 18.6. The summed E-state index contributed by atoms with van der Waals surface area (Å²) in [6.45, 7) is 10.2. The third kappa shape index (κ3) is 3.55. The average molecular weight is 367 g/mol. The van der Waals surface area contributed by atoms with Gasteiger partial charge in [0.2, 0.25) is 0 Å². The van der Waals surface area contributed by atoms with Crippen LogP contribution in [-0.2, 0) is 12.5 Å². The van der Waals surface area contributed by atoms with Crippen LogP contribution >= 0.6 is 10.6 Å². The Labute approximate surface area is 151 Å². The second-order valence-electron chi connectivity index (χ2n) is 8.85. The minimum absolute atomic E-state index is 0.0299. The number of hydrogen-bond acceptors (Lipinski definition) is 5. The van der Waals surface area contributed by atoms with Gasteiger partial charge in [0.1, 0.15) is 0 Å². The van der Waals surface area contributed by atoms with Crippen LogP contribution in [0.3, 0.4) is 0 Å². The Morgan fingerprint density at radius 2 is 1.80 bits per heavy atom. The summed E-state index contributed by atoms with van der Waals surface area (Å²) in [6.07, 6.45) is 2.74. The quantitative estimate of drug-likeness (QED) is 0.819. The molecule has 0 atom stereocenters. The number of rotatable bonds is 5. The van der Waals surface area contributed by atoms with Gasteiger partial charge in [-0.2, -0.15) is 25.9 Å². The van der Waals surface area contributed by atoms with Crippen molar-refractivity contribution in [1.29, 1.82) is 0 Å². The average Bonchev–Trinajstić information content (AvgIpc) is 2.99. The molecule has 0 unspecified atom stereocenters. The van der Waals surface area contributed by atoms with E-state index >= 15 is 0 Å². The number of nitrogens with zero attached hydrogens (tertiary/aromatic N) is 4. The highest BCUT2D eigenvalue weighted by atomic mass is 32.3. The lowest BCUT2D eigenvalue weighted by atomic mass is 9.92. The fraction of sp³-hybridized carbons (Fsp3) is 0.722. The molecule has 1 aliphatic heterocycles. The molecule has 0 amide bonds. The van der Waals surface area contributed by atoms with Crippen LogP contribution < -0.4 is 0 Å². The fourth-order valence-corrected chi connectivity index (χ4v) is 4.84. The molecule has 140 valence electrons. The summed E-state index contributed by atoms with van der Waals surface area (Å²) >= 11 is 0. The van der Waals surface area contributed by atoms with Crippen LogP contribution in [0.1, 0.15) is 65.3 Å². The zero-order chi connectivity index (χ0) is 18.6. The van der Waals surface area contributed by atoms with E-state index in [1.54, 1.807) is 0 Å². The first-order valence-electron chi connectivity index (χ1n) is 8.86. The third-order valence-electron chi connectivity index (χ3n) is 5.25. The van der Waals surface area contributed by atoms with Gasteiger partial charge in [-0.25, -0.2) is 0 Å². The third-order valence-corrected chi connectivity index (χ3v) is 8.05. The maximum Gasteiger partial charge on any atom is 0.0940 e. The zero-order valence-corrected chi connectivity index (χ0v) is 16.9. The summed E-state index contributed by atoms with van der Waals surface area (Å²) in [6, 6.07) is 2.06. The van der Waals surface area contributed by atoms with Crippen LogP contribution in [0.5, 0.6) is 0 Å². The van der Waals surface area contributed by atoms with E-state index in [4.69, 9.17) is 0 Å². The highest BCUT2D eigenvalue weighted by Crippen LogP contribution is 2.57. The second kappa shape index (κ2) is 5.93. The van der Waals surface area contributed by atoms with Crippen LogP contribution in [0, 0.1) is 5.92 Å². The molecule has 6 nitrogen and oxygen atoms in total. The molecule has 1 aromatic rings. The predicted octanol–water partition coefficient (Wildman–Crippen LogP) is 4.21. The summed E-state index contributed by atoms with van der Waals surface area (Å²) in [5.74, 6) is 0.937. The zero-order valence-electron chi connectivity index (χ0n) is 16.1. The van der Waals surface area contributed by atoms with Crippen molar-refractivity contribution in [2.75, 3.05) is 5.75 Å². The molecule has 2 heterocycles. The summed E-state index contributed by atoms with van der Waals surface area (Å²) in [5.41, 5.74) is 3.52. The predicted molar refractivity (Wildman–Crippen MR) is 105 cm³/mol. The molecule has 1 saturated carbocycles. The molecule has 0 bridgehead atoms. The summed E-state index contributed by atoms with van der Waals surface area (Å²) < 4.78 is 22.5. The maximum atomic E-state index is 10.7. The van der Waals surface area contributed by atoms with E-state index in [1.807, 2.05) is 25.6 Å². The van der Waals surface area contributed by atoms with E-state index in [0.717, 1.165) is 35.7 Å². The van der Waals surface area contributed by atoms with Gasteiger partial charge in [0.15, 0.2) is 0 Å². The summed E-state index contributed by atoms with van der Waals surface area (Å²) in [7, 11) is -0.827. The molecule has 0 aromatic carbocycles. The smallest absolute Gasteiger partial charge is 0.0940 e. The van der Waals surface area contributed by atoms with Gasteiger partial charge in [-0.15, -0.1) is 0 Å². The molecule has 0 saturated heterocycles. The first-order chi connectivity index (χ1) is 11.4. The molecule has 3 rings (SSSR count). The molecule has 1 fully saturated rings. The van der Waals surface area contributed by atoms with Crippen molar-refractivity contribution in [3.63, 3.8) is 0 Å². The Hall–Kier alpha value is -1.18. The Kier molecular flexibility index (Phi) is 4.41. The van der Waals surface area contributed by atoms with E-state index in [9.17, 15) is 9.11 Å². The van der Waals surface area contributed by atoms with Gasteiger partial charge in [0.25, 0.3) is 0 Å². The van der Waals surface area contributed by atoms with Gasteiger partial charge in [-0.1, -0.05) is 20.8 Å². The Bertz CT molecular complexity index is 737. The minimum Gasteiger partial charge on any atom is -0.299 e. The molecule has 2 N–H and O–H groups in total. The lowest BCUT2D eigenvalue weighted by Crippen LogP contribution is -2.39. The normalized spacial score (nSPS) is 19.8. The SMILES string of the molecule is Cn1nc(C(C)(C)C)cc1C1=NN=C(C(C)(C)S(O)(O)CC2CC2)C1. The van der Waals surface area contributed by atoms with E-state index < -0.39 is 15.3 Å². The highest BCUT2D eigenvalue weighted by molar-refractivity contribution is 8.26. The lowest BCUT2D eigenvalue weighted by molar-refractivity contribution is 0.461. The fourth-order valence-electron chi connectivity index (χ4n) is 2.94. The van der Waals surface area contributed by atoms with Crippen molar-refractivity contribution in [3.8, 4) is 0 Å². The standard InChI is InChI=1S/C18H30N4O2S/c1-17(2,3)15-10-14(22(6)21-15)13-9-16(20-19-13)18(4,5)25(23,24)11-12-7-8-12/h10,12,23-24H,7-9,11H2,1-6H3. The molecular weight excluding hydrogens is 336 g/mol. The summed E-state index contributed by atoms with van der Waals surface area (Å²) in [4.78, 5) is 0. The minimum atomic E-state index is -2.74. The molecule has 1 aliphatic carbocycles. The topological polar surface area (TPSA) is 83.0 Å². The Balaban J connectivity index is 1.77. The molecular formula is C18H30N4O2S. The first-order valence-corrected chi connectivity index (χ1v) is 10.6. The Morgan fingerprint density at radius 1 is 1.16 bits per heavy atom. The summed E-state index contributed by atoms with van der Waals surface area (Å²) in [5, 5.41) is 13.3.